The smallest absolute Gasteiger partial charge is 0.315 e. The minimum atomic E-state index is -0.0944. The Morgan fingerprint density at radius 1 is 0.969 bits per heavy atom. The van der Waals surface area contributed by atoms with Crippen LogP contribution in [0.5, 0.6) is 0 Å². The van der Waals surface area contributed by atoms with E-state index in [0.29, 0.717) is 72.4 Å². The number of nitrogens with zero attached hydrogens (tertiary/aromatic N) is 3. The van der Waals surface area contributed by atoms with Gasteiger partial charge in [0.2, 0.25) is 5.91 Å². The number of carbonyl (C=O) groups is 2. The van der Waals surface area contributed by atoms with Gasteiger partial charge >= 0.3 is 6.03 Å². The van der Waals surface area contributed by atoms with Crippen molar-refractivity contribution in [3.63, 3.8) is 0 Å². The third-order valence-electron chi connectivity index (χ3n) is 4.78. The molecular formula is C20H38N6O6. The van der Waals surface area contributed by atoms with Crippen LogP contribution < -0.4 is 16.0 Å². The van der Waals surface area contributed by atoms with Crippen LogP contribution in [-0.4, -0.2) is 90.0 Å². The molecule has 0 unspecified atom stereocenters. The van der Waals surface area contributed by atoms with Gasteiger partial charge in [-0.05, 0) is 25.3 Å². The first-order chi connectivity index (χ1) is 15.6. The van der Waals surface area contributed by atoms with Crippen LogP contribution in [0.3, 0.4) is 0 Å². The highest BCUT2D eigenvalue weighted by molar-refractivity contribution is 5.77. The monoisotopic (exact) mass is 458 g/mol. The molecule has 0 saturated carbocycles. The molecule has 12 heteroatoms. The predicted molar refractivity (Wildman–Crippen MR) is 118 cm³/mol. The van der Waals surface area contributed by atoms with Crippen LogP contribution in [0.15, 0.2) is 5.11 Å². The third kappa shape index (κ3) is 15.7. The van der Waals surface area contributed by atoms with Crippen molar-refractivity contribution in [2.24, 2.45) is 5.11 Å². The second-order valence-electron chi connectivity index (χ2n) is 7.37. The highest BCUT2D eigenvalue weighted by Gasteiger charge is 2.26. The number of rotatable bonds is 21. The zero-order chi connectivity index (χ0) is 23.3. The molecule has 1 aliphatic heterocycles. The molecular weight excluding hydrogens is 420 g/mol. The van der Waals surface area contributed by atoms with Crippen LogP contribution in [0.1, 0.15) is 39.0 Å². The van der Waals surface area contributed by atoms with Crippen LogP contribution in [0, 0.1) is 0 Å². The zero-order valence-corrected chi connectivity index (χ0v) is 19.1. The Hall–Kier alpha value is -2.11. The van der Waals surface area contributed by atoms with E-state index in [9.17, 15) is 9.59 Å². The summed E-state index contributed by atoms with van der Waals surface area (Å²) in [5, 5.41) is 11.9. The molecule has 1 heterocycles. The zero-order valence-electron chi connectivity index (χ0n) is 19.1. The number of hydrogen-bond donors (Lipinski definition) is 3. The van der Waals surface area contributed by atoms with Gasteiger partial charge < -0.3 is 34.9 Å². The van der Waals surface area contributed by atoms with Gasteiger partial charge in [0.15, 0.2) is 0 Å². The number of ether oxygens (including phenoxy) is 4. The first-order valence-corrected chi connectivity index (χ1v) is 11.3. The Morgan fingerprint density at radius 2 is 1.59 bits per heavy atom. The summed E-state index contributed by atoms with van der Waals surface area (Å²) in [7, 11) is 0. The molecule has 0 bridgehead atoms. The van der Waals surface area contributed by atoms with Crippen molar-refractivity contribution in [1.82, 2.24) is 16.0 Å². The molecule has 0 aromatic carbocycles. The number of urea groups is 1. The molecule has 3 N–H and O–H groups in total. The molecule has 1 fully saturated rings. The molecule has 0 aliphatic carbocycles. The molecule has 0 aromatic heterocycles. The van der Waals surface area contributed by atoms with E-state index in [0.717, 1.165) is 25.7 Å². The van der Waals surface area contributed by atoms with E-state index in [4.69, 9.17) is 24.5 Å². The number of amides is 3. The molecule has 1 aliphatic rings. The van der Waals surface area contributed by atoms with Crippen LogP contribution >= 0.6 is 0 Å². The summed E-state index contributed by atoms with van der Waals surface area (Å²) in [4.78, 5) is 25.7. The molecule has 0 radical (unpaired) electrons. The van der Waals surface area contributed by atoms with Gasteiger partial charge in [-0.1, -0.05) is 18.0 Å². The van der Waals surface area contributed by atoms with Crippen molar-refractivity contribution in [3.05, 3.63) is 10.4 Å². The molecule has 1 saturated heterocycles. The molecule has 3 amide bonds. The lowest BCUT2D eigenvalue weighted by Crippen LogP contribution is -2.30. The summed E-state index contributed by atoms with van der Waals surface area (Å²) in [5.74, 6) is 0.0352. The third-order valence-corrected chi connectivity index (χ3v) is 4.78. The van der Waals surface area contributed by atoms with E-state index in [1.54, 1.807) is 0 Å². The lowest BCUT2D eigenvalue weighted by atomic mass is 10.0. The predicted octanol–water partition coefficient (Wildman–Crippen LogP) is 1.50. The van der Waals surface area contributed by atoms with Crippen molar-refractivity contribution in [3.8, 4) is 0 Å². The normalized spacial score (nSPS) is 17.5. The number of hydrogen-bond acceptors (Lipinski definition) is 7. The molecule has 184 valence electrons. The van der Waals surface area contributed by atoms with E-state index < -0.39 is 0 Å². The number of carbonyl (C=O) groups excluding carboxylic acids is 2. The van der Waals surface area contributed by atoms with Gasteiger partial charge in [0.05, 0.1) is 58.9 Å². The number of nitrogens with one attached hydrogen (secondary N) is 3. The van der Waals surface area contributed by atoms with Crippen LogP contribution in [0.25, 0.3) is 10.4 Å². The molecule has 1 rings (SSSR count). The summed E-state index contributed by atoms with van der Waals surface area (Å²) in [6.45, 7) is 6.44. The standard InChI is InChI=1S/C20H38N6O6/c1-17-18(25-20(28)24-17)5-3-2-4-6-19(27)22-7-9-29-11-13-31-15-16-32-14-12-30-10-8-23-26-21/h17-18H,2-16H2,1H3,(H,22,27)(H2,24,25,28)/t17-,18+/m0/s1. The van der Waals surface area contributed by atoms with Crippen molar-refractivity contribution < 1.29 is 28.5 Å². The van der Waals surface area contributed by atoms with Gasteiger partial charge in [-0.3, -0.25) is 4.79 Å². The van der Waals surface area contributed by atoms with Crippen molar-refractivity contribution in [1.29, 1.82) is 0 Å². The minimum absolute atomic E-state index is 0.0352. The quantitative estimate of drug-likeness (QED) is 0.102. The van der Waals surface area contributed by atoms with Gasteiger partial charge in [0.1, 0.15) is 0 Å². The van der Waals surface area contributed by atoms with Gasteiger partial charge in [0, 0.05) is 30.5 Å². The second kappa shape index (κ2) is 19.6. The van der Waals surface area contributed by atoms with Crippen LogP contribution in [0.4, 0.5) is 4.79 Å². The van der Waals surface area contributed by atoms with Gasteiger partial charge in [-0.25, -0.2) is 4.79 Å². The SMILES string of the molecule is C[C@@H]1NC(=O)N[C@@H]1CCCCCC(=O)NCCOCCOCCOCCOCCN=[N+]=[N-]. The maximum Gasteiger partial charge on any atom is 0.315 e. The van der Waals surface area contributed by atoms with Crippen molar-refractivity contribution >= 4 is 11.9 Å². The summed E-state index contributed by atoms with van der Waals surface area (Å²) in [6.07, 6.45) is 4.23. The Bertz CT molecular complexity index is 561. The first kappa shape index (κ1) is 27.9. The highest BCUT2D eigenvalue weighted by atomic mass is 16.6. The molecule has 0 aromatic rings. The highest BCUT2D eigenvalue weighted by Crippen LogP contribution is 2.11. The summed E-state index contributed by atoms with van der Waals surface area (Å²) in [5.41, 5.74) is 8.10. The lowest BCUT2D eigenvalue weighted by molar-refractivity contribution is -0.121. The Labute approximate surface area is 189 Å². The average molecular weight is 459 g/mol. The first-order valence-electron chi connectivity index (χ1n) is 11.3. The Balaban J connectivity index is 1.75. The van der Waals surface area contributed by atoms with E-state index in [2.05, 4.69) is 26.0 Å². The van der Waals surface area contributed by atoms with Crippen molar-refractivity contribution in [2.45, 2.75) is 51.1 Å². The van der Waals surface area contributed by atoms with Crippen molar-refractivity contribution in [2.75, 3.05) is 65.9 Å². The topological polar surface area (TPSA) is 156 Å². The van der Waals surface area contributed by atoms with E-state index in [1.807, 2.05) is 6.92 Å². The summed E-state index contributed by atoms with van der Waals surface area (Å²) >= 11 is 0. The van der Waals surface area contributed by atoms with E-state index >= 15 is 0 Å². The molecule has 12 nitrogen and oxygen atoms in total. The maximum atomic E-state index is 11.8. The van der Waals surface area contributed by atoms with Gasteiger partial charge in [0.25, 0.3) is 0 Å². The number of azide groups is 1. The van der Waals surface area contributed by atoms with Crippen LogP contribution in [-0.2, 0) is 23.7 Å². The second-order valence-corrected chi connectivity index (χ2v) is 7.37. The Kier molecular flexibility index (Phi) is 17.1. The summed E-state index contributed by atoms with van der Waals surface area (Å²) < 4.78 is 21.3. The largest absolute Gasteiger partial charge is 0.379 e. The van der Waals surface area contributed by atoms with Gasteiger partial charge in [-0.2, -0.15) is 0 Å². The molecule has 32 heavy (non-hydrogen) atoms. The molecule has 2 atom stereocenters. The fraction of sp³-hybridized carbons (Fsp3) is 0.900. The molecule has 0 spiro atoms. The van der Waals surface area contributed by atoms with Gasteiger partial charge in [-0.15, -0.1) is 0 Å². The fourth-order valence-electron chi connectivity index (χ4n) is 3.05. The minimum Gasteiger partial charge on any atom is -0.379 e. The Morgan fingerprint density at radius 3 is 2.19 bits per heavy atom. The lowest BCUT2D eigenvalue weighted by Gasteiger charge is -2.13. The number of unbranched alkanes of at least 4 members (excludes halogenated alkanes) is 2. The van der Waals surface area contributed by atoms with E-state index in [1.165, 1.54) is 0 Å². The maximum absolute atomic E-state index is 11.8. The fourth-order valence-corrected chi connectivity index (χ4v) is 3.05. The van der Waals surface area contributed by atoms with E-state index in [-0.39, 0.29) is 24.0 Å². The van der Waals surface area contributed by atoms with Crippen LogP contribution in [0.2, 0.25) is 0 Å². The average Bonchev–Trinajstić information content (AvgIpc) is 3.10. The summed E-state index contributed by atoms with van der Waals surface area (Å²) in [6, 6.07) is 0.257.